The van der Waals surface area contributed by atoms with Gasteiger partial charge >= 0.3 is 5.97 Å². The van der Waals surface area contributed by atoms with E-state index >= 15 is 0 Å². The molecule has 0 fully saturated rings. The third-order valence-corrected chi connectivity index (χ3v) is 5.06. The summed E-state index contributed by atoms with van der Waals surface area (Å²) in [5, 5.41) is 2.67. The topological polar surface area (TPSA) is 111 Å². The second-order valence-electron chi connectivity index (χ2n) is 7.26. The van der Waals surface area contributed by atoms with Gasteiger partial charge in [-0.25, -0.2) is 13.2 Å². The Morgan fingerprint density at radius 3 is 2.21 bits per heavy atom. The summed E-state index contributed by atoms with van der Waals surface area (Å²) in [5.41, 5.74) is 1.62. The Morgan fingerprint density at radius 2 is 1.55 bits per heavy atom. The molecule has 8 nitrogen and oxygen atoms in total. The molecule has 2 N–H and O–H groups in total. The molecule has 0 aliphatic heterocycles. The lowest BCUT2D eigenvalue weighted by molar-refractivity contribution is -0.123. The second kappa shape index (κ2) is 10.6. The van der Waals surface area contributed by atoms with Crippen LogP contribution in [0.15, 0.2) is 78.9 Å². The first kappa shape index (κ1) is 23.8. The molecule has 0 aromatic heterocycles. The Balaban J connectivity index is 1.56. The molecule has 9 heteroatoms. The summed E-state index contributed by atoms with van der Waals surface area (Å²) in [6.07, 6.45) is -0.138. The van der Waals surface area contributed by atoms with Crippen LogP contribution in [-0.4, -0.2) is 32.7 Å². The minimum absolute atomic E-state index is 0.00231. The SMILES string of the molecule is CC(OC(=O)c1ccccc1NS(C)(=O)=O)C(=O)Nc1ccc(OCc2ccccc2)cc1. The van der Waals surface area contributed by atoms with E-state index in [1.54, 1.807) is 36.4 Å². The molecule has 1 amide bonds. The normalized spacial score (nSPS) is 11.8. The molecule has 0 spiro atoms. The lowest BCUT2D eigenvalue weighted by atomic mass is 10.2. The summed E-state index contributed by atoms with van der Waals surface area (Å²) in [6.45, 7) is 1.85. The zero-order valence-electron chi connectivity index (χ0n) is 18.1. The van der Waals surface area contributed by atoms with Gasteiger partial charge in [-0.05, 0) is 48.9 Å². The number of carbonyl (C=O) groups is 2. The van der Waals surface area contributed by atoms with Crippen molar-refractivity contribution in [2.75, 3.05) is 16.3 Å². The van der Waals surface area contributed by atoms with Crippen LogP contribution in [0.1, 0.15) is 22.8 Å². The summed E-state index contributed by atoms with van der Waals surface area (Å²) in [5.74, 6) is -0.713. The van der Waals surface area contributed by atoms with Crippen LogP contribution in [0.2, 0.25) is 0 Å². The summed E-state index contributed by atoms with van der Waals surface area (Å²) in [7, 11) is -3.59. The van der Waals surface area contributed by atoms with Crippen LogP contribution in [0.3, 0.4) is 0 Å². The maximum Gasteiger partial charge on any atom is 0.341 e. The largest absolute Gasteiger partial charge is 0.489 e. The molecule has 0 radical (unpaired) electrons. The summed E-state index contributed by atoms with van der Waals surface area (Å²) in [6, 6.07) is 22.5. The van der Waals surface area contributed by atoms with E-state index < -0.39 is 28.0 Å². The Hall–Kier alpha value is -3.85. The van der Waals surface area contributed by atoms with Gasteiger partial charge in [0.05, 0.1) is 17.5 Å². The van der Waals surface area contributed by atoms with Crippen molar-refractivity contribution < 1.29 is 27.5 Å². The average molecular weight is 469 g/mol. The quantitative estimate of drug-likeness (QED) is 0.462. The van der Waals surface area contributed by atoms with Crippen LogP contribution >= 0.6 is 0 Å². The highest BCUT2D eigenvalue weighted by Gasteiger charge is 2.21. The van der Waals surface area contributed by atoms with Crippen LogP contribution in [-0.2, 0) is 26.2 Å². The van der Waals surface area contributed by atoms with E-state index in [9.17, 15) is 18.0 Å². The zero-order chi connectivity index (χ0) is 23.8. The number of para-hydroxylation sites is 1. The smallest absolute Gasteiger partial charge is 0.341 e. The maximum atomic E-state index is 12.5. The monoisotopic (exact) mass is 468 g/mol. The predicted octanol–water partition coefficient (Wildman–Crippen LogP) is 3.82. The van der Waals surface area contributed by atoms with E-state index in [0.29, 0.717) is 18.0 Å². The summed E-state index contributed by atoms with van der Waals surface area (Å²) >= 11 is 0. The highest BCUT2D eigenvalue weighted by molar-refractivity contribution is 7.92. The van der Waals surface area contributed by atoms with Gasteiger partial charge in [-0.2, -0.15) is 0 Å². The van der Waals surface area contributed by atoms with Crippen molar-refractivity contribution in [3.05, 3.63) is 90.0 Å². The Bertz CT molecular complexity index is 1210. The standard InChI is InChI=1S/C24H24N2O6S/c1-17(32-24(28)21-10-6-7-11-22(21)26-33(2,29)30)23(27)25-19-12-14-20(15-13-19)31-16-18-8-4-3-5-9-18/h3-15,17,26H,16H2,1-2H3,(H,25,27). The van der Waals surface area contributed by atoms with E-state index in [2.05, 4.69) is 10.0 Å². The van der Waals surface area contributed by atoms with Gasteiger partial charge < -0.3 is 14.8 Å². The number of carbonyl (C=O) groups excluding carboxylic acids is 2. The fourth-order valence-electron chi connectivity index (χ4n) is 2.85. The minimum atomic E-state index is -3.59. The molecule has 1 atom stereocenters. The number of rotatable bonds is 9. The molecule has 0 saturated carbocycles. The van der Waals surface area contributed by atoms with E-state index in [0.717, 1.165) is 11.8 Å². The van der Waals surface area contributed by atoms with Gasteiger partial charge in [0.15, 0.2) is 6.10 Å². The van der Waals surface area contributed by atoms with Gasteiger partial charge in [-0.3, -0.25) is 9.52 Å². The first-order chi connectivity index (χ1) is 15.7. The van der Waals surface area contributed by atoms with Crippen molar-refractivity contribution >= 4 is 33.3 Å². The minimum Gasteiger partial charge on any atom is -0.489 e. The fraction of sp³-hybridized carbons (Fsp3) is 0.167. The zero-order valence-corrected chi connectivity index (χ0v) is 19.0. The molecule has 0 saturated heterocycles. The number of hydrogen-bond donors (Lipinski definition) is 2. The van der Waals surface area contributed by atoms with Crippen LogP contribution in [0, 0.1) is 0 Å². The van der Waals surface area contributed by atoms with Gasteiger partial charge in [-0.1, -0.05) is 42.5 Å². The van der Waals surface area contributed by atoms with Crippen LogP contribution < -0.4 is 14.8 Å². The maximum absolute atomic E-state index is 12.5. The number of nitrogens with one attached hydrogen (secondary N) is 2. The van der Waals surface area contributed by atoms with Crippen LogP contribution in [0.25, 0.3) is 0 Å². The Labute approximate surface area is 192 Å². The number of anilines is 2. The fourth-order valence-corrected chi connectivity index (χ4v) is 3.42. The lowest BCUT2D eigenvalue weighted by Gasteiger charge is -2.15. The van der Waals surface area contributed by atoms with Crippen molar-refractivity contribution in [2.24, 2.45) is 0 Å². The van der Waals surface area contributed by atoms with Gasteiger partial charge in [-0.15, -0.1) is 0 Å². The molecule has 1 unspecified atom stereocenters. The molecule has 3 rings (SSSR count). The van der Waals surface area contributed by atoms with E-state index in [1.807, 2.05) is 30.3 Å². The van der Waals surface area contributed by atoms with Crippen molar-refractivity contribution in [3.8, 4) is 5.75 Å². The Kier molecular flexibility index (Phi) is 7.68. The molecular formula is C24H24N2O6S. The molecule has 33 heavy (non-hydrogen) atoms. The van der Waals surface area contributed by atoms with E-state index in [1.165, 1.54) is 19.1 Å². The molecular weight excluding hydrogens is 444 g/mol. The number of esters is 1. The van der Waals surface area contributed by atoms with Gasteiger partial charge in [0.2, 0.25) is 10.0 Å². The van der Waals surface area contributed by atoms with Gasteiger partial charge in [0.1, 0.15) is 12.4 Å². The van der Waals surface area contributed by atoms with Crippen molar-refractivity contribution in [2.45, 2.75) is 19.6 Å². The van der Waals surface area contributed by atoms with E-state index in [4.69, 9.17) is 9.47 Å². The first-order valence-electron chi connectivity index (χ1n) is 10.1. The van der Waals surface area contributed by atoms with Crippen molar-refractivity contribution in [3.63, 3.8) is 0 Å². The van der Waals surface area contributed by atoms with Gasteiger partial charge in [0.25, 0.3) is 5.91 Å². The number of benzene rings is 3. The molecule has 0 bridgehead atoms. The predicted molar refractivity (Wildman–Crippen MR) is 126 cm³/mol. The molecule has 172 valence electrons. The molecule has 0 aliphatic rings. The summed E-state index contributed by atoms with van der Waals surface area (Å²) < 4.78 is 36.2. The number of hydrogen-bond acceptors (Lipinski definition) is 6. The Morgan fingerprint density at radius 1 is 0.909 bits per heavy atom. The third kappa shape index (κ3) is 7.36. The number of ether oxygens (including phenoxy) is 2. The highest BCUT2D eigenvalue weighted by Crippen LogP contribution is 2.20. The first-order valence-corrected chi connectivity index (χ1v) is 12.0. The molecule has 3 aromatic rings. The van der Waals surface area contributed by atoms with Crippen molar-refractivity contribution in [1.29, 1.82) is 0 Å². The van der Waals surface area contributed by atoms with E-state index in [-0.39, 0.29) is 11.3 Å². The van der Waals surface area contributed by atoms with Crippen molar-refractivity contribution in [1.82, 2.24) is 0 Å². The second-order valence-corrected chi connectivity index (χ2v) is 9.00. The number of sulfonamides is 1. The van der Waals surface area contributed by atoms with Gasteiger partial charge in [0, 0.05) is 5.69 Å². The summed E-state index contributed by atoms with van der Waals surface area (Å²) in [4.78, 5) is 25.0. The van der Waals surface area contributed by atoms with Crippen LogP contribution in [0.4, 0.5) is 11.4 Å². The molecule has 3 aromatic carbocycles. The lowest BCUT2D eigenvalue weighted by Crippen LogP contribution is -2.30. The molecule has 0 aliphatic carbocycles. The average Bonchev–Trinajstić information content (AvgIpc) is 2.78. The molecule has 0 heterocycles. The third-order valence-electron chi connectivity index (χ3n) is 4.47. The van der Waals surface area contributed by atoms with Crippen LogP contribution in [0.5, 0.6) is 5.75 Å². The highest BCUT2D eigenvalue weighted by atomic mass is 32.2. The number of amides is 1.